The van der Waals surface area contributed by atoms with Gasteiger partial charge in [-0.05, 0) is 35.9 Å². The minimum atomic E-state index is -0.488. The van der Waals surface area contributed by atoms with E-state index in [2.05, 4.69) is 30.1 Å². The van der Waals surface area contributed by atoms with Gasteiger partial charge in [-0.25, -0.2) is 0 Å². The molecule has 0 aliphatic carbocycles. The second-order valence-electron chi connectivity index (χ2n) is 5.43. The van der Waals surface area contributed by atoms with Gasteiger partial charge in [0.15, 0.2) is 0 Å². The van der Waals surface area contributed by atoms with E-state index in [1.165, 1.54) is 11.1 Å². The Morgan fingerprint density at radius 3 is 2.50 bits per heavy atom. The summed E-state index contributed by atoms with van der Waals surface area (Å²) in [5.41, 5.74) is 3.47. The molecule has 0 spiro atoms. The van der Waals surface area contributed by atoms with Gasteiger partial charge in [-0.3, -0.25) is 4.90 Å². The number of benzene rings is 2. The first-order chi connectivity index (χ1) is 9.65. The van der Waals surface area contributed by atoms with Crippen molar-refractivity contribution in [2.24, 2.45) is 0 Å². The third-order valence-corrected chi connectivity index (χ3v) is 4.19. The SMILES string of the molecule is CN1C[C@H]1c1ccccc1C[C@H](O)c1ccc(Cl)cc1. The van der Waals surface area contributed by atoms with Crippen molar-refractivity contribution in [2.45, 2.75) is 18.6 Å². The maximum absolute atomic E-state index is 10.4. The van der Waals surface area contributed by atoms with E-state index < -0.39 is 6.10 Å². The summed E-state index contributed by atoms with van der Waals surface area (Å²) in [5.74, 6) is 0. The number of halogens is 1. The van der Waals surface area contributed by atoms with E-state index >= 15 is 0 Å². The highest BCUT2D eigenvalue weighted by atomic mass is 35.5. The van der Waals surface area contributed by atoms with Gasteiger partial charge in [0, 0.05) is 24.0 Å². The van der Waals surface area contributed by atoms with Crippen LogP contribution >= 0.6 is 11.6 Å². The van der Waals surface area contributed by atoms with Crippen LogP contribution in [0.3, 0.4) is 0 Å². The Kier molecular flexibility index (Phi) is 3.79. The molecule has 3 atom stereocenters. The molecule has 1 N–H and O–H groups in total. The maximum atomic E-state index is 10.4. The van der Waals surface area contributed by atoms with Crippen molar-refractivity contribution in [3.05, 3.63) is 70.2 Å². The second kappa shape index (κ2) is 5.57. The van der Waals surface area contributed by atoms with Crippen molar-refractivity contribution in [3.8, 4) is 0 Å². The van der Waals surface area contributed by atoms with Crippen LogP contribution in [0.2, 0.25) is 5.02 Å². The number of aliphatic hydroxyl groups is 1. The molecule has 0 aromatic heterocycles. The third-order valence-electron chi connectivity index (χ3n) is 3.94. The summed E-state index contributed by atoms with van der Waals surface area (Å²) in [7, 11) is 2.12. The van der Waals surface area contributed by atoms with Crippen molar-refractivity contribution in [3.63, 3.8) is 0 Å². The van der Waals surface area contributed by atoms with Crippen molar-refractivity contribution in [2.75, 3.05) is 13.6 Å². The Hall–Kier alpha value is -1.35. The summed E-state index contributed by atoms with van der Waals surface area (Å²) < 4.78 is 0. The third kappa shape index (κ3) is 2.88. The van der Waals surface area contributed by atoms with Crippen molar-refractivity contribution >= 4 is 11.6 Å². The van der Waals surface area contributed by atoms with E-state index in [1.807, 2.05) is 30.3 Å². The fraction of sp³-hybridized carbons (Fsp3) is 0.294. The van der Waals surface area contributed by atoms with Gasteiger partial charge in [-0.15, -0.1) is 0 Å². The summed E-state index contributed by atoms with van der Waals surface area (Å²) in [4.78, 5) is 2.30. The van der Waals surface area contributed by atoms with Gasteiger partial charge < -0.3 is 5.11 Å². The highest BCUT2D eigenvalue weighted by Gasteiger charge is 2.32. The molecule has 0 bridgehead atoms. The fourth-order valence-corrected chi connectivity index (χ4v) is 2.74. The van der Waals surface area contributed by atoms with Crippen LogP contribution in [0.25, 0.3) is 0 Å². The molecule has 1 aliphatic heterocycles. The number of aliphatic hydroxyl groups excluding tert-OH is 1. The van der Waals surface area contributed by atoms with E-state index in [0.29, 0.717) is 17.5 Å². The summed E-state index contributed by atoms with van der Waals surface area (Å²) in [6.45, 7) is 1.11. The summed E-state index contributed by atoms with van der Waals surface area (Å²) in [6, 6.07) is 16.3. The normalized spacial score (nSPS) is 22.6. The minimum Gasteiger partial charge on any atom is -0.388 e. The smallest absolute Gasteiger partial charge is 0.0830 e. The molecule has 0 saturated carbocycles. The lowest BCUT2D eigenvalue weighted by Crippen LogP contribution is -2.04. The van der Waals surface area contributed by atoms with Gasteiger partial charge in [0.25, 0.3) is 0 Å². The zero-order valence-corrected chi connectivity index (χ0v) is 12.2. The van der Waals surface area contributed by atoms with E-state index in [0.717, 1.165) is 12.1 Å². The fourth-order valence-electron chi connectivity index (χ4n) is 2.62. The molecule has 2 aromatic carbocycles. The quantitative estimate of drug-likeness (QED) is 0.869. The van der Waals surface area contributed by atoms with Gasteiger partial charge >= 0.3 is 0 Å². The zero-order chi connectivity index (χ0) is 14.1. The van der Waals surface area contributed by atoms with Gasteiger partial charge in [-0.1, -0.05) is 48.0 Å². The van der Waals surface area contributed by atoms with Crippen LogP contribution in [0, 0.1) is 0 Å². The first-order valence-electron chi connectivity index (χ1n) is 6.86. The molecule has 1 heterocycles. The first kappa shape index (κ1) is 13.6. The van der Waals surface area contributed by atoms with Crippen LogP contribution in [0.15, 0.2) is 48.5 Å². The van der Waals surface area contributed by atoms with Crippen molar-refractivity contribution < 1.29 is 5.11 Å². The second-order valence-corrected chi connectivity index (χ2v) is 5.86. The lowest BCUT2D eigenvalue weighted by Gasteiger charge is -2.14. The van der Waals surface area contributed by atoms with Crippen LogP contribution in [0.5, 0.6) is 0 Å². The lowest BCUT2D eigenvalue weighted by atomic mass is 9.96. The largest absolute Gasteiger partial charge is 0.388 e. The van der Waals surface area contributed by atoms with E-state index in [4.69, 9.17) is 11.6 Å². The number of hydrogen-bond donors (Lipinski definition) is 1. The van der Waals surface area contributed by atoms with Crippen LogP contribution in [0.1, 0.15) is 28.8 Å². The Balaban J connectivity index is 1.79. The Bertz CT molecular complexity index is 596. The topological polar surface area (TPSA) is 23.2 Å². The molecule has 2 nitrogen and oxygen atoms in total. The predicted molar refractivity (Wildman–Crippen MR) is 81.9 cm³/mol. The Morgan fingerprint density at radius 2 is 1.85 bits per heavy atom. The molecule has 104 valence electrons. The van der Waals surface area contributed by atoms with Crippen LogP contribution < -0.4 is 0 Å². The van der Waals surface area contributed by atoms with E-state index in [9.17, 15) is 5.11 Å². The van der Waals surface area contributed by atoms with Crippen LogP contribution in [-0.2, 0) is 6.42 Å². The molecule has 1 aliphatic rings. The minimum absolute atomic E-state index is 0.488. The van der Waals surface area contributed by atoms with E-state index in [1.54, 1.807) is 0 Å². The molecule has 0 radical (unpaired) electrons. The molecule has 1 saturated heterocycles. The molecule has 3 heteroatoms. The number of likely N-dealkylation sites (N-methyl/N-ethyl adjacent to an activating group) is 1. The lowest BCUT2D eigenvalue weighted by molar-refractivity contribution is 0.178. The monoisotopic (exact) mass is 287 g/mol. The average Bonchev–Trinajstić information content (AvgIpc) is 3.17. The molecule has 1 unspecified atom stereocenters. The summed E-state index contributed by atoms with van der Waals surface area (Å²) in [6.07, 6.45) is 0.153. The molecular weight excluding hydrogens is 270 g/mol. The molecule has 1 fully saturated rings. The zero-order valence-electron chi connectivity index (χ0n) is 11.5. The maximum Gasteiger partial charge on any atom is 0.0830 e. The highest BCUT2D eigenvalue weighted by Crippen LogP contribution is 2.35. The van der Waals surface area contributed by atoms with Gasteiger partial charge in [0.05, 0.1) is 6.10 Å². The Labute approximate surface area is 124 Å². The van der Waals surface area contributed by atoms with Crippen molar-refractivity contribution in [1.82, 2.24) is 4.90 Å². The number of rotatable bonds is 4. The first-order valence-corrected chi connectivity index (χ1v) is 7.24. The molecule has 0 amide bonds. The molecule has 2 aromatic rings. The average molecular weight is 288 g/mol. The number of hydrogen-bond acceptors (Lipinski definition) is 2. The highest BCUT2D eigenvalue weighted by molar-refractivity contribution is 6.30. The van der Waals surface area contributed by atoms with Crippen LogP contribution in [0.4, 0.5) is 0 Å². The molecular formula is C17H18ClNO. The van der Waals surface area contributed by atoms with Gasteiger partial charge in [0.2, 0.25) is 0 Å². The van der Waals surface area contributed by atoms with Crippen molar-refractivity contribution in [1.29, 1.82) is 0 Å². The van der Waals surface area contributed by atoms with Gasteiger partial charge in [0.1, 0.15) is 0 Å². The molecule has 20 heavy (non-hydrogen) atoms. The summed E-state index contributed by atoms with van der Waals surface area (Å²) >= 11 is 5.88. The summed E-state index contributed by atoms with van der Waals surface area (Å²) in [5, 5.41) is 11.1. The standard InChI is InChI=1S/C17H18ClNO/c1-19-11-16(19)15-5-3-2-4-13(15)10-17(20)12-6-8-14(18)9-7-12/h2-9,16-17,20H,10-11H2,1H3/t16-,17-,19?/m0/s1. The van der Waals surface area contributed by atoms with E-state index in [-0.39, 0.29) is 0 Å². The Morgan fingerprint density at radius 1 is 1.20 bits per heavy atom. The predicted octanol–water partition coefficient (Wildman–Crippen LogP) is 3.60. The number of nitrogens with zero attached hydrogens (tertiary/aromatic N) is 1. The molecule has 3 rings (SSSR count). The van der Waals surface area contributed by atoms with Gasteiger partial charge in [-0.2, -0.15) is 0 Å². The van der Waals surface area contributed by atoms with Crippen LogP contribution in [-0.4, -0.2) is 23.6 Å².